The minimum atomic E-state index is -0.961. The standard InChI is InChI=1S/C13H16N2O2/c16-13(17)12-6-5-11(7-14-12)15(10-3-4-10)8-9-1-2-9/h5-7,9-10H,1-4,8H2,(H,16,17). The van der Waals surface area contributed by atoms with Gasteiger partial charge >= 0.3 is 5.97 Å². The van der Waals surface area contributed by atoms with Gasteiger partial charge in [-0.15, -0.1) is 0 Å². The highest BCUT2D eigenvalue weighted by atomic mass is 16.4. The van der Waals surface area contributed by atoms with Crippen LogP contribution in [0.25, 0.3) is 0 Å². The van der Waals surface area contributed by atoms with Gasteiger partial charge in [0.2, 0.25) is 0 Å². The first kappa shape index (κ1) is 10.6. The molecule has 0 aliphatic heterocycles. The van der Waals surface area contributed by atoms with Crippen molar-refractivity contribution in [3.8, 4) is 0 Å². The van der Waals surface area contributed by atoms with Crippen LogP contribution in [0.2, 0.25) is 0 Å². The zero-order valence-electron chi connectivity index (χ0n) is 9.67. The van der Waals surface area contributed by atoms with Crippen molar-refractivity contribution in [3.63, 3.8) is 0 Å². The maximum atomic E-state index is 10.7. The van der Waals surface area contributed by atoms with Crippen molar-refractivity contribution >= 4 is 11.7 Å². The number of aromatic nitrogens is 1. The first-order valence-electron chi connectivity index (χ1n) is 6.20. The highest BCUT2D eigenvalue weighted by Gasteiger charge is 2.33. The zero-order chi connectivity index (χ0) is 11.8. The van der Waals surface area contributed by atoms with Crippen LogP contribution in [-0.2, 0) is 0 Å². The van der Waals surface area contributed by atoms with Crippen molar-refractivity contribution in [2.24, 2.45) is 5.92 Å². The molecule has 0 spiro atoms. The van der Waals surface area contributed by atoms with E-state index >= 15 is 0 Å². The average molecular weight is 232 g/mol. The topological polar surface area (TPSA) is 53.4 Å². The summed E-state index contributed by atoms with van der Waals surface area (Å²) in [5, 5.41) is 8.82. The molecule has 1 aromatic rings. The smallest absolute Gasteiger partial charge is 0.354 e. The third-order valence-corrected chi connectivity index (χ3v) is 3.44. The lowest BCUT2D eigenvalue weighted by Crippen LogP contribution is -2.28. The minimum Gasteiger partial charge on any atom is -0.477 e. The van der Waals surface area contributed by atoms with Crippen LogP contribution in [0.1, 0.15) is 36.2 Å². The largest absolute Gasteiger partial charge is 0.477 e. The maximum absolute atomic E-state index is 10.7. The molecule has 2 aliphatic carbocycles. The predicted octanol–water partition coefficient (Wildman–Crippen LogP) is 2.16. The first-order chi connectivity index (χ1) is 8.24. The van der Waals surface area contributed by atoms with Crippen LogP contribution in [-0.4, -0.2) is 28.6 Å². The van der Waals surface area contributed by atoms with E-state index in [0.717, 1.165) is 18.2 Å². The number of anilines is 1. The van der Waals surface area contributed by atoms with Crippen LogP contribution >= 0.6 is 0 Å². The molecule has 1 N–H and O–H groups in total. The van der Waals surface area contributed by atoms with Crippen LogP contribution in [0, 0.1) is 5.92 Å². The second-order valence-electron chi connectivity index (χ2n) is 5.03. The molecule has 17 heavy (non-hydrogen) atoms. The van der Waals surface area contributed by atoms with Crippen molar-refractivity contribution in [3.05, 3.63) is 24.0 Å². The van der Waals surface area contributed by atoms with Crippen LogP contribution in [0.4, 0.5) is 5.69 Å². The van der Waals surface area contributed by atoms with E-state index in [0.29, 0.717) is 6.04 Å². The number of aromatic carboxylic acids is 1. The summed E-state index contributed by atoms with van der Waals surface area (Å²) >= 11 is 0. The summed E-state index contributed by atoms with van der Waals surface area (Å²) in [5.74, 6) is -0.119. The molecule has 4 heteroatoms. The summed E-state index contributed by atoms with van der Waals surface area (Å²) < 4.78 is 0. The highest BCUT2D eigenvalue weighted by molar-refractivity contribution is 5.85. The van der Waals surface area contributed by atoms with Gasteiger partial charge in [0.1, 0.15) is 5.69 Å². The number of nitrogens with zero attached hydrogens (tertiary/aromatic N) is 2. The van der Waals surface area contributed by atoms with Crippen molar-refractivity contribution in [2.75, 3.05) is 11.4 Å². The van der Waals surface area contributed by atoms with Crippen molar-refractivity contribution in [2.45, 2.75) is 31.7 Å². The average Bonchev–Trinajstić information content (AvgIpc) is 3.18. The fourth-order valence-electron chi connectivity index (χ4n) is 2.11. The van der Waals surface area contributed by atoms with Gasteiger partial charge in [-0.1, -0.05) is 0 Å². The van der Waals surface area contributed by atoms with Gasteiger partial charge in [-0.05, 0) is 43.7 Å². The van der Waals surface area contributed by atoms with Gasteiger partial charge in [0, 0.05) is 12.6 Å². The predicted molar refractivity (Wildman–Crippen MR) is 64.3 cm³/mol. The number of rotatable bonds is 5. The van der Waals surface area contributed by atoms with E-state index in [1.165, 1.54) is 25.7 Å². The molecule has 1 heterocycles. The summed E-state index contributed by atoms with van der Waals surface area (Å²) in [6, 6.07) is 4.14. The Morgan fingerprint density at radius 2 is 2.12 bits per heavy atom. The fraction of sp³-hybridized carbons (Fsp3) is 0.538. The van der Waals surface area contributed by atoms with Gasteiger partial charge in [-0.3, -0.25) is 0 Å². The number of hydrogen-bond acceptors (Lipinski definition) is 3. The Morgan fingerprint density at radius 1 is 1.35 bits per heavy atom. The number of carboxylic acids is 1. The molecule has 90 valence electrons. The third-order valence-electron chi connectivity index (χ3n) is 3.44. The Kier molecular flexibility index (Phi) is 2.50. The molecule has 0 amide bonds. The summed E-state index contributed by atoms with van der Waals surface area (Å²) in [4.78, 5) is 17.1. The lowest BCUT2D eigenvalue weighted by molar-refractivity contribution is 0.0690. The lowest BCUT2D eigenvalue weighted by atomic mass is 10.2. The monoisotopic (exact) mass is 232 g/mol. The normalized spacial score (nSPS) is 19.1. The van der Waals surface area contributed by atoms with Gasteiger partial charge in [0.25, 0.3) is 0 Å². The molecule has 3 rings (SSSR count). The summed E-state index contributed by atoms with van der Waals surface area (Å²) in [6.45, 7) is 1.11. The molecule has 2 fully saturated rings. The molecule has 1 aromatic heterocycles. The van der Waals surface area contributed by atoms with Crippen LogP contribution in [0.5, 0.6) is 0 Å². The summed E-state index contributed by atoms with van der Waals surface area (Å²) in [5.41, 5.74) is 1.19. The van der Waals surface area contributed by atoms with Crippen LogP contribution in [0.3, 0.4) is 0 Å². The zero-order valence-corrected chi connectivity index (χ0v) is 9.67. The molecular formula is C13H16N2O2. The van der Waals surface area contributed by atoms with E-state index in [-0.39, 0.29) is 5.69 Å². The van der Waals surface area contributed by atoms with Crippen LogP contribution in [0.15, 0.2) is 18.3 Å². The van der Waals surface area contributed by atoms with Crippen molar-refractivity contribution in [1.82, 2.24) is 4.98 Å². The summed E-state index contributed by atoms with van der Waals surface area (Å²) in [6.07, 6.45) is 6.89. The third kappa shape index (κ3) is 2.40. The van der Waals surface area contributed by atoms with E-state index in [4.69, 9.17) is 5.11 Å². The van der Waals surface area contributed by atoms with Crippen molar-refractivity contribution < 1.29 is 9.90 Å². The Morgan fingerprint density at radius 3 is 2.59 bits per heavy atom. The Hall–Kier alpha value is -1.58. The molecule has 0 radical (unpaired) electrons. The molecule has 0 bridgehead atoms. The molecule has 0 unspecified atom stereocenters. The number of carboxylic acid groups (broad SMARTS) is 1. The second kappa shape index (κ2) is 4.02. The van der Waals surface area contributed by atoms with Gasteiger partial charge < -0.3 is 10.0 Å². The quantitative estimate of drug-likeness (QED) is 0.845. The van der Waals surface area contributed by atoms with Crippen LogP contribution < -0.4 is 4.90 Å². The molecular weight excluding hydrogens is 216 g/mol. The number of hydrogen-bond donors (Lipinski definition) is 1. The Bertz CT molecular complexity index is 422. The van der Waals surface area contributed by atoms with Gasteiger partial charge in [0.05, 0.1) is 11.9 Å². The highest BCUT2D eigenvalue weighted by Crippen LogP contribution is 2.37. The van der Waals surface area contributed by atoms with E-state index < -0.39 is 5.97 Å². The minimum absolute atomic E-state index is 0.121. The second-order valence-corrected chi connectivity index (χ2v) is 5.03. The van der Waals surface area contributed by atoms with Gasteiger partial charge in [-0.2, -0.15) is 0 Å². The van der Waals surface area contributed by atoms with Gasteiger partial charge in [-0.25, -0.2) is 9.78 Å². The number of pyridine rings is 1. The Labute approximate surface area is 100 Å². The Balaban J connectivity index is 1.77. The van der Waals surface area contributed by atoms with Gasteiger partial charge in [0.15, 0.2) is 0 Å². The summed E-state index contributed by atoms with van der Waals surface area (Å²) in [7, 11) is 0. The van der Waals surface area contributed by atoms with E-state index in [9.17, 15) is 4.79 Å². The first-order valence-corrected chi connectivity index (χ1v) is 6.20. The molecule has 2 aliphatic rings. The maximum Gasteiger partial charge on any atom is 0.354 e. The van der Waals surface area contributed by atoms with E-state index in [2.05, 4.69) is 9.88 Å². The van der Waals surface area contributed by atoms with E-state index in [1.807, 2.05) is 6.07 Å². The molecule has 0 aromatic carbocycles. The molecule has 0 atom stereocenters. The molecule has 0 saturated heterocycles. The SMILES string of the molecule is O=C(O)c1ccc(N(CC2CC2)C2CC2)cn1. The molecule has 4 nitrogen and oxygen atoms in total. The molecule has 2 saturated carbocycles. The van der Waals surface area contributed by atoms with Crippen molar-refractivity contribution in [1.29, 1.82) is 0 Å². The van der Waals surface area contributed by atoms with E-state index in [1.54, 1.807) is 12.3 Å². The lowest BCUT2D eigenvalue weighted by Gasteiger charge is -2.24. The number of carbonyl (C=O) groups is 1. The fourth-order valence-corrected chi connectivity index (χ4v) is 2.11.